The highest BCUT2D eigenvalue weighted by Crippen LogP contribution is 2.15. The fourth-order valence-electron chi connectivity index (χ4n) is 1.68. The van der Waals surface area contributed by atoms with Crippen LogP contribution >= 0.6 is 0 Å². The lowest BCUT2D eigenvalue weighted by Gasteiger charge is -2.13. The van der Waals surface area contributed by atoms with E-state index < -0.39 is 16.1 Å². The average Bonchev–Trinajstić information content (AvgIpc) is 2.48. The quantitative estimate of drug-likeness (QED) is 0.873. The van der Waals surface area contributed by atoms with Crippen LogP contribution in [0, 0.1) is 0 Å². The predicted molar refractivity (Wildman–Crippen MR) is 76.8 cm³/mol. The number of nitrogens with one attached hydrogen (secondary N) is 2. The van der Waals surface area contributed by atoms with Gasteiger partial charge in [0.15, 0.2) is 0 Å². The predicted octanol–water partition coefficient (Wildman–Crippen LogP) is 1.56. The zero-order valence-electron chi connectivity index (χ0n) is 11.2. The molecular formula is C13H16N4O2S. The van der Waals surface area contributed by atoms with Crippen LogP contribution in [0.3, 0.4) is 0 Å². The van der Waals surface area contributed by atoms with Crippen molar-refractivity contribution < 1.29 is 8.42 Å². The molecule has 6 nitrogen and oxygen atoms in total. The summed E-state index contributed by atoms with van der Waals surface area (Å²) in [5, 5.41) is 2.84. The Morgan fingerprint density at radius 1 is 1.15 bits per heavy atom. The number of hydrogen-bond donors (Lipinski definition) is 2. The molecule has 0 aliphatic heterocycles. The molecular weight excluding hydrogens is 276 g/mol. The third-order valence-electron chi connectivity index (χ3n) is 2.77. The summed E-state index contributed by atoms with van der Waals surface area (Å²) < 4.78 is 27.0. The molecule has 1 unspecified atom stereocenters. The lowest BCUT2D eigenvalue weighted by atomic mass is 10.2. The maximum Gasteiger partial charge on any atom is 0.242 e. The van der Waals surface area contributed by atoms with E-state index in [-0.39, 0.29) is 4.90 Å². The van der Waals surface area contributed by atoms with Crippen LogP contribution in [-0.2, 0) is 10.0 Å². The Hall–Kier alpha value is -1.99. The Bertz CT molecular complexity index is 657. The normalized spacial score (nSPS) is 12.9. The Labute approximate surface area is 118 Å². The number of rotatable bonds is 5. The minimum atomic E-state index is -3.61. The molecule has 0 aromatic carbocycles. The van der Waals surface area contributed by atoms with Crippen molar-refractivity contribution in [2.45, 2.75) is 17.9 Å². The first-order valence-electron chi connectivity index (χ1n) is 6.10. The lowest BCUT2D eigenvalue weighted by Crippen LogP contribution is -2.27. The summed E-state index contributed by atoms with van der Waals surface area (Å²) in [7, 11) is -1.89. The van der Waals surface area contributed by atoms with Crippen LogP contribution in [0.5, 0.6) is 0 Å². The second kappa shape index (κ2) is 5.98. The molecule has 0 amide bonds. The largest absolute Gasteiger partial charge is 0.373 e. The van der Waals surface area contributed by atoms with Gasteiger partial charge in [-0.3, -0.25) is 4.98 Å². The first-order valence-corrected chi connectivity index (χ1v) is 7.58. The zero-order chi connectivity index (χ0) is 14.6. The molecule has 1 atom stereocenters. The summed E-state index contributed by atoms with van der Waals surface area (Å²) in [6.45, 7) is 1.75. The Balaban J connectivity index is 2.18. The van der Waals surface area contributed by atoms with E-state index in [1.165, 1.54) is 12.3 Å². The third-order valence-corrected chi connectivity index (χ3v) is 4.29. The van der Waals surface area contributed by atoms with Gasteiger partial charge in [0, 0.05) is 19.4 Å². The van der Waals surface area contributed by atoms with Crippen LogP contribution in [0.15, 0.2) is 47.6 Å². The minimum absolute atomic E-state index is 0.124. The number of anilines is 1. The van der Waals surface area contributed by atoms with Crippen molar-refractivity contribution in [1.29, 1.82) is 0 Å². The van der Waals surface area contributed by atoms with Gasteiger partial charge in [0.05, 0.1) is 11.7 Å². The monoisotopic (exact) mass is 292 g/mol. The fraction of sp³-hybridized carbons (Fsp3) is 0.231. The van der Waals surface area contributed by atoms with Gasteiger partial charge in [0.25, 0.3) is 0 Å². The van der Waals surface area contributed by atoms with E-state index in [0.717, 1.165) is 0 Å². The van der Waals surface area contributed by atoms with Crippen LogP contribution in [-0.4, -0.2) is 25.4 Å². The highest BCUT2D eigenvalue weighted by Gasteiger charge is 2.19. The second-order valence-corrected chi connectivity index (χ2v) is 5.94. The van der Waals surface area contributed by atoms with Gasteiger partial charge in [0.2, 0.25) is 10.0 Å². The van der Waals surface area contributed by atoms with Gasteiger partial charge in [-0.2, -0.15) is 0 Å². The van der Waals surface area contributed by atoms with Crippen LogP contribution in [0.25, 0.3) is 0 Å². The van der Waals surface area contributed by atoms with E-state index in [2.05, 4.69) is 20.0 Å². The molecule has 2 rings (SSSR count). The molecule has 0 saturated heterocycles. The van der Waals surface area contributed by atoms with E-state index >= 15 is 0 Å². The topological polar surface area (TPSA) is 84.0 Å². The molecule has 2 aromatic rings. The number of aromatic nitrogens is 2. The number of hydrogen-bond acceptors (Lipinski definition) is 5. The first kappa shape index (κ1) is 14.4. The molecule has 7 heteroatoms. The van der Waals surface area contributed by atoms with E-state index in [9.17, 15) is 8.42 Å². The van der Waals surface area contributed by atoms with Crippen molar-refractivity contribution in [2.75, 3.05) is 12.4 Å². The molecule has 0 bridgehead atoms. The number of sulfonamides is 1. The summed E-state index contributed by atoms with van der Waals surface area (Å²) >= 11 is 0. The summed E-state index contributed by atoms with van der Waals surface area (Å²) in [5.41, 5.74) is 0.663. The maximum absolute atomic E-state index is 12.2. The summed E-state index contributed by atoms with van der Waals surface area (Å²) in [6, 6.07) is 8.08. The number of pyridine rings is 2. The maximum atomic E-state index is 12.2. The highest BCUT2D eigenvalue weighted by atomic mass is 32.2. The van der Waals surface area contributed by atoms with Crippen LogP contribution in [0.1, 0.15) is 18.7 Å². The second-order valence-electron chi connectivity index (χ2n) is 4.23. The molecule has 0 spiro atoms. The average molecular weight is 292 g/mol. The van der Waals surface area contributed by atoms with Crippen molar-refractivity contribution in [1.82, 2.24) is 14.7 Å². The van der Waals surface area contributed by atoms with Crippen molar-refractivity contribution in [2.24, 2.45) is 0 Å². The van der Waals surface area contributed by atoms with Crippen LogP contribution in [0.4, 0.5) is 5.82 Å². The standard InChI is InChI=1S/C13H16N4O2S/c1-10(12-5-3-4-8-15-12)17-20(18,19)11-6-7-13(14-2)16-9-11/h3-10,17H,1-2H3,(H,14,16). The third kappa shape index (κ3) is 3.31. The number of nitrogens with zero attached hydrogens (tertiary/aromatic N) is 2. The molecule has 2 aromatic heterocycles. The first-order chi connectivity index (χ1) is 9.53. The van der Waals surface area contributed by atoms with Crippen molar-refractivity contribution in [3.8, 4) is 0 Å². The van der Waals surface area contributed by atoms with E-state index in [1.807, 2.05) is 6.07 Å². The SMILES string of the molecule is CNc1ccc(S(=O)(=O)NC(C)c2ccccn2)cn1. The molecule has 20 heavy (non-hydrogen) atoms. The smallest absolute Gasteiger partial charge is 0.242 e. The molecule has 0 saturated carbocycles. The van der Waals surface area contributed by atoms with E-state index in [0.29, 0.717) is 11.5 Å². The van der Waals surface area contributed by atoms with E-state index in [4.69, 9.17) is 0 Å². The minimum Gasteiger partial charge on any atom is -0.373 e. The molecule has 2 N–H and O–H groups in total. The Morgan fingerprint density at radius 2 is 1.95 bits per heavy atom. The molecule has 2 heterocycles. The lowest BCUT2D eigenvalue weighted by molar-refractivity contribution is 0.563. The van der Waals surface area contributed by atoms with Crippen molar-refractivity contribution in [3.63, 3.8) is 0 Å². The molecule has 0 radical (unpaired) electrons. The molecule has 0 aliphatic carbocycles. The summed E-state index contributed by atoms with van der Waals surface area (Å²) in [6.07, 6.45) is 2.95. The van der Waals surface area contributed by atoms with Gasteiger partial charge in [0.1, 0.15) is 10.7 Å². The summed E-state index contributed by atoms with van der Waals surface area (Å²) in [5.74, 6) is 0.613. The summed E-state index contributed by atoms with van der Waals surface area (Å²) in [4.78, 5) is 8.25. The molecule has 106 valence electrons. The van der Waals surface area contributed by atoms with Gasteiger partial charge in [-0.25, -0.2) is 18.1 Å². The fourth-order valence-corrected chi connectivity index (χ4v) is 2.84. The van der Waals surface area contributed by atoms with Gasteiger partial charge in [-0.15, -0.1) is 0 Å². The highest BCUT2D eigenvalue weighted by molar-refractivity contribution is 7.89. The van der Waals surface area contributed by atoms with Crippen LogP contribution in [0.2, 0.25) is 0 Å². The van der Waals surface area contributed by atoms with Gasteiger partial charge >= 0.3 is 0 Å². The van der Waals surface area contributed by atoms with E-state index in [1.54, 1.807) is 38.4 Å². The van der Waals surface area contributed by atoms with Gasteiger partial charge < -0.3 is 5.32 Å². The molecule has 0 fully saturated rings. The zero-order valence-corrected chi connectivity index (χ0v) is 12.1. The van der Waals surface area contributed by atoms with Gasteiger partial charge in [-0.1, -0.05) is 6.07 Å². The Morgan fingerprint density at radius 3 is 2.50 bits per heavy atom. The van der Waals surface area contributed by atoms with Crippen molar-refractivity contribution >= 4 is 15.8 Å². The Kier molecular flexibility index (Phi) is 4.31. The van der Waals surface area contributed by atoms with Crippen molar-refractivity contribution in [3.05, 3.63) is 48.4 Å². The van der Waals surface area contributed by atoms with Gasteiger partial charge in [-0.05, 0) is 31.2 Å². The molecule has 0 aliphatic rings. The van der Waals surface area contributed by atoms with Crippen LogP contribution < -0.4 is 10.0 Å².